The van der Waals surface area contributed by atoms with E-state index in [1.54, 1.807) is 19.1 Å². The van der Waals surface area contributed by atoms with Gasteiger partial charge in [-0.25, -0.2) is 9.18 Å². The van der Waals surface area contributed by atoms with Gasteiger partial charge in [-0.05, 0) is 24.6 Å². The molecule has 0 unspecified atom stereocenters. The summed E-state index contributed by atoms with van der Waals surface area (Å²) in [4.78, 5) is 11.1. The van der Waals surface area contributed by atoms with Gasteiger partial charge in [0.15, 0.2) is 11.6 Å². The Hall–Kier alpha value is -1.78. The average molecular weight is 269 g/mol. The number of hydrogen-bond acceptors (Lipinski definition) is 3. The van der Waals surface area contributed by atoms with Gasteiger partial charge < -0.3 is 14.8 Å². The summed E-state index contributed by atoms with van der Waals surface area (Å²) in [5.74, 6) is -0.159. The van der Waals surface area contributed by atoms with E-state index in [9.17, 15) is 9.18 Å². The Morgan fingerprint density at radius 2 is 2.11 bits per heavy atom. The maximum Gasteiger partial charge on any atom is 0.406 e. The van der Waals surface area contributed by atoms with Crippen LogP contribution in [0.15, 0.2) is 18.2 Å². The van der Waals surface area contributed by atoms with Crippen molar-refractivity contribution in [3.05, 3.63) is 29.6 Å². The summed E-state index contributed by atoms with van der Waals surface area (Å²) in [6, 6.07) is 4.84. The fraction of sp³-hybridized carbons (Fsp3) is 0.500. The topological polar surface area (TPSA) is 47.6 Å². The van der Waals surface area contributed by atoms with Crippen LogP contribution in [0.4, 0.5) is 9.18 Å². The number of benzene rings is 1. The molecule has 0 aliphatic rings. The molecule has 19 heavy (non-hydrogen) atoms. The smallest absolute Gasteiger partial charge is 0.406 e. The number of amides is 1. The number of carbonyl (C=O) groups excluding carboxylic acids is 1. The number of halogens is 1. The molecule has 4 nitrogen and oxygen atoms in total. The van der Waals surface area contributed by atoms with Crippen LogP contribution < -0.4 is 10.1 Å². The van der Waals surface area contributed by atoms with Crippen molar-refractivity contribution >= 4 is 6.09 Å². The minimum absolute atomic E-state index is 0.239. The first kappa shape index (κ1) is 15.3. The molecule has 0 saturated carbocycles. The zero-order valence-electron chi connectivity index (χ0n) is 11.7. The van der Waals surface area contributed by atoms with Crippen molar-refractivity contribution in [2.75, 3.05) is 20.3 Å². The summed E-state index contributed by atoms with van der Waals surface area (Å²) in [6.07, 6.45) is -0.500. The molecule has 0 bridgehead atoms. The number of ether oxygens (including phenoxy) is 2. The molecule has 5 heteroatoms. The lowest BCUT2D eigenvalue weighted by Gasteiger charge is -2.25. The van der Waals surface area contributed by atoms with Crippen molar-refractivity contribution in [1.82, 2.24) is 5.32 Å². The van der Waals surface area contributed by atoms with Crippen molar-refractivity contribution < 1.29 is 18.7 Å². The van der Waals surface area contributed by atoms with Crippen LogP contribution in [0.3, 0.4) is 0 Å². The molecule has 0 spiro atoms. The molecule has 0 heterocycles. The molecule has 106 valence electrons. The minimum Gasteiger partial charge on any atom is -0.491 e. The van der Waals surface area contributed by atoms with Crippen LogP contribution in [-0.4, -0.2) is 26.4 Å². The third kappa shape index (κ3) is 4.12. The van der Waals surface area contributed by atoms with Gasteiger partial charge >= 0.3 is 6.09 Å². The van der Waals surface area contributed by atoms with Crippen LogP contribution >= 0.6 is 0 Å². The maximum atomic E-state index is 13.8. The van der Waals surface area contributed by atoms with Gasteiger partial charge in [0.25, 0.3) is 0 Å². The third-order valence-corrected chi connectivity index (χ3v) is 2.87. The highest BCUT2D eigenvalue weighted by Crippen LogP contribution is 2.27. The van der Waals surface area contributed by atoms with E-state index in [1.807, 2.05) is 13.8 Å². The van der Waals surface area contributed by atoms with Gasteiger partial charge in [-0.3, -0.25) is 0 Å². The van der Waals surface area contributed by atoms with E-state index < -0.39 is 17.3 Å². The van der Waals surface area contributed by atoms with Crippen LogP contribution in [0.2, 0.25) is 0 Å². The fourth-order valence-electron chi connectivity index (χ4n) is 1.66. The molecule has 0 aliphatic carbocycles. The zero-order chi connectivity index (χ0) is 14.5. The molecule has 1 amide bonds. The van der Waals surface area contributed by atoms with Gasteiger partial charge in [0, 0.05) is 12.0 Å². The Bertz CT molecular complexity index is 446. The van der Waals surface area contributed by atoms with Gasteiger partial charge in [0.05, 0.1) is 13.7 Å². The number of hydrogen-bond donors (Lipinski definition) is 1. The van der Waals surface area contributed by atoms with Crippen molar-refractivity contribution in [3.8, 4) is 5.75 Å². The van der Waals surface area contributed by atoms with Crippen LogP contribution in [0, 0.1) is 5.82 Å². The van der Waals surface area contributed by atoms with Gasteiger partial charge in [0.1, 0.15) is 0 Å². The standard InChI is InChI=1S/C14H20FNO3/c1-5-19-12-7-6-10(8-11(12)15)14(2,3)9-16-13(17)18-4/h6-8H,5,9H2,1-4H3,(H,16,17). The number of carbonyl (C=O) groups is 1. The predicted octanol–water partition coefficient (Wildman–Crippen LogP) is 2.86. The van der Waals surface area contributed by atoms with E-state index in [-0.39, 0.29) is 5.75 Å². The molecular formula is C14H20FNO3. The second-order valence-electron chi connectivity index (χ2n) is 4.81. The number of alkyl carbamates (subject to hydrolysis) is 1. The van der Waals surface area contributed by atoms with E-state index in [0.717, 1.165) is 5.56 Å². The lowest BCUT2D eigenvalue weighted by Crippen LogP contribution is -2.36. The minimum atomic E-state index is -0.500. The second kappa shape index (κ2) is 6.41. The van der Waals surface area contributed by atoms with Crippen molar-refractivity contribution in [1.29, 1.82) is 0 Å². The summed E-state index contributed by atoms with van der Waals surface area (Å²) in [7, 11) is 1.30. The van der Waals surface area contributed by atoms with Crippen molar-refractivity contribution in [2.45, 2.75) is 26.2 Å². The van der Waals surface area contributed by atoms with Crippen LogP contribution in [-0.2, 0) is 10.2 Å². The molecule has 0 saturated heterocycles. The maximum absolute atomic E-state index is 13.8. The van der Waals surface area contributed by atoms with Crippen LogP contribution in [0.1, 0.15) is 26.3 Å². The van der Waals surface area contributed by atoms with Crippen molar-refractivity contribution in [3.63, 3.8) is 0 Å². The molecule has 0 radical (unpaired) electrons. The first-order valence-electron chi connectivity index (χ1n) is 6.15. The fourth-order valence-corrected chi connectivity index (χ4v) is 1.66. The Morgan fingerprint density at radius 3 is 2.63 bits per heavy atom. The molecule has 0 aliphatic heterocycles. The van der Waals surface area contributed by atoms with Crippen LogP contribution in [0.25, 0.3) is 0 Å². The molecule has 1 aromatic rings. The monoisotopic (exact) mass is 269 g/mol. The van der Waals surface area contributed by atoms with E-state index in [2.05, 4.69) is 10.1 Å². The molecular weight excluding hydrogens is 249 g/mol. The molecule has 1 aromatic carbocycles. The Balaban J connectivity index is 2.83. The van der Waals surface area contributed by atoms with E-state index in [0.29, 0.717) is 13.2 Å². The largest absolute Gasteiger partial charge is 0.491 e. The van der Waals surface area contributed by atoms with Gasteiger partial charge in [-0.15, -0.1) is 0 Å². The lowest BCUT2D eigenvalue weighted by atomic mass is 9.84. The summed E-state index contributed by atoms with van der Waals surface area (Å²) < 4.78 is 23.5. The summed E-state index contributed by atoms with van der Waals surface area (Å²) >= 11 is 0. The summed E-state index contributed by atoms with van der Waals surface area (Å²) in [5.41, 5.74) is 0.379. The van der Waals surface area contributed by atoms with Gasteiger partial charge in [0.2, 0.25) is 0 Å². The van der Waals surface area contributed by atoms with Gasteiger partial charge in [-0.2, -0.15) is 0 Å². The van der Waals surface area contributed by atoms with E-state index >= 15 is 0 Å². The summed E-state index contributed by atoms with van der Waals surface area (Å²) in [6.45, 7) is 6.41. The highest BCUT2D eigenvalue weighted by atomic mass is 19.1. The second-order valence-corrected chi connectivity index (χ2v) is 4.81. The highest BCUT2D eigenvalue weighted by molar-refractivity contribution is 5.67. The van der Waals surface area contributed by atoms with E-state index in [4.69, 9.17) is 4.74 Å². The summed E-state index contributed by atoms with van der Waals surface area (Å²) in [5, 5.41) is 2.62. The highest BCUT2D eigenvalue weighted by Gasteiger charge is 2.23. The molecule has 1 rings (SSSR count). The van der Waals surface area contributed by atoms with Crippen LogP contribution in [0.5, 0.6) is 5.75 Å². The van der Waals surface area contributed by atoms with E-state index in [1.165, 1.54) is 13.2 Å². The Morgan fingerprint density at radius 1 is 1.42 bits per heavy atom. The molecule has 0 fully saturated rings. The Kier molecular flexibility index (Phi) is 5.15. The first-order chi connectivity index (χ1) is 8.90. The molecule has 0 aromatic heterocycles. The van der Waals surface area contributed by atoms with Crippen molar-refractivity contribution in [2.24, 2.45) is 0 Å². The number of methoxy groups -OCH3 is 1. The number of nitrogens with one attached hydrogen (secondary N) is 1. The quantitative estimate of drug-likeness (QED) is 0.894. The third-order valence-electron chi connectivity index (χ3n) is 2.87. The Labute approximate surface area is 112 Å². The van der Waals surface area contributed by atoms with Gasteiger partial charge in [-0.1, -0.05) is 19.9 Å². The SMILES string of the molecule is CCOc1ccc(C(C)(C)CNC(=O)OC)cc1F. The normalized spacial score (nSPS) is 11.0. The first-order valence-corrected chi connectivity index (χ1v) is 6.15. The molecule has 0 atom stereocenters. The average Bonchev–Trinajstić information content (AvgIpc) is 2.38. The predicted molar refractivity (Wildman–Crippen MR) is 71.0 cm³/mol. The zero-order valence-corrected chi connectivity index (χ0v) is 11.7. The lowest BCUT2D eigenvalue weighted by molar-refractivity contribution is 0.168. The number of rotatable bonds is 5. The molecule has 1 N–H and O–H groups in total.